The van der Waals surface area contributed by atoms with Crippen LogP contribution in [0.3, 0.4) is 0 Å². The SMILES string of the molecule is O=C(CNC(=O)C1CNCCO1)Nc1cccc(F)c1. The quantitative estimate of drug-likeness (QED) is 0.718. The summed E-state index contributed by atoms with van der Waals surface area (Å²) in [6, 6.07) is 5.54. The Hall–Kier alpha value is -1.99. The first-order valence-corrected chi connectivity index (χ1v) is 6.30. The third-order valence-corrected chi connectivity index (χ3v) is 2.75. The lowest BCUT2D eigenvalue weighted by Crippen LogP contribution is -2.49. The maximum Gasteiger partial charge on any atom is 0.250 e. The van der Waals surface area contributed by atoms with Crippen LogP contribution in [0.4, 0.5) is 10.1 Å². The van der Waals surface area contributed by atoms with Crippen molar-refractivity contribution >= 4 is 17.5 Å². The van der Waals surface area contributed by atoms with Crippen LogP contribution in [0.2, 0.25) is 0 Å². The van der Waals surface area contributed by atoms with Crippen LogP contribution in [0.25, 0.3) is 0 Å². The monoisotopic (exact) mass is 281 g/mol. The summed E-state index contributed by atoms with van der Waals surface area (Å²) >= 11 is 0. The van der Waals surface area contributed by atoms with Crippen LogP contribution in [0.1, 0.15) is 0 Å². The summed E-state index contributed by atoms with van der Waals surface area (Å²) in [7, 11) is 0. The number of rotatable bonds is 4. The second-order valence-electron chi connectivity index (χ2n) is 4.34. The lowest BCUT2D eigenvalue weighted by molar-refractivity contribution is -0.135. The van der Waals surface area contributed by atoms with Crippen LogP contribution in [0.15, 0.2) is 24.3 Å². The summed E-state index contributed by atoms with van der Waals surface area (Å²) in [5.41, 5.74) is 0.347. The Morgan fingerprint density at radius 1 is 1.45 bits per heavy atom. The fourth-order valence-electron chi connectivity index (χ4n) is 1.79. The van der Waals surface area contributed by atoms with Crippen LogP contribution in [0.5, 0.6) is 0 Å². The maximum atomic E-state index is 12.9. The number of hydrogen-bond acceptors (Lipinski definition) is 4. The molecule has 108 valence electrons. The standard InChI is InChI=1S/C13H16FN3O3/c14-9-2-1-3-10(6-9)17-12(18)8-16-13(19)11-7-15-4-5-20-11/h1-3,6,11,15H,4-5,7-8H2,(H,16,19)(H,17,18). The molecule has 0 saturated carbocycles. The number of halogens is 1. The predicted octanol–water partition coefficient (Wildman–Crippen LogP) is -0.131. The van der Waals surface area contributed by atoms with Crippen LogP contribution in [-0.4, -0.2) is 44.2 Å². The van der Waals surface area contributed by atoms with E-state index < -0.39 is 17.8 Å². The molecule has 1 fully saturated rings. The number of carbonyl (C=O) groups excluding carboxylic acids is 2. The van der Waals surface area contributed by atoms with Crippen molar-refractivity contribution in [1.29, 1.82) is 0 Å². The van der Waals surface area contributed by atoms with Gasteiger partial charge in [-0.05, 0) is 18.2 Å². The van der Waals surface area contributed by atoms with Gasteiger partial charge in [0.2, 0.25) is 5.91 Å². The second kappa shape index (κ2) is 6.97. The van der Waals surface area contributed by atoms with E-state index in [2.05, 4.69) is 16.0 Å². The van der Waals surface area contributed by atoms with Gasteiger partial charge in [0.1, 0.15) is 11.9 Å². The van der Waals surface area contributed by atoms with Gasteiger partial charge in [-0.2, -0.15) is 0 Å². The van der Waals surface area contributed by atoms with E-state index in [1.54, 1.807) is 6.07 Å². The molecule has 2 rings (SSSR count). The number of carbonyl (C=O) groups is 2. The average Bonchev–Trinajstić information content (AvgIpc) is 2.46. The number of hydrogen-bond donors (Lipinski definition) is 3. The van der Waals surface area contributed by atoms with Gasteiger partial charge in [-0.15, -0.1) is 0 Å². The number of amides is 2. The molecule has 1 atom stereocenters. The Labute approximate surface area is 115 Å². The zero-order valence-electron chi connectivity index (χ0n) is 10.8. The van der Waals surface area contributed by atoms with Gasteiger partial charge in [0.25, 0.3) is 5.91 Å². The van der Waals surface area contributed by atoms with Crippen molar-refractivity contribution in [2.24, 2.45) is 0 Å². The van der Waals surface area contributed by atoms with Crippen LogP contribution >= 0.6 is 0 Å². The van der Waals surface area contributed by atoms with Crippen molar-refractivity contribution in [2.45, 2.75) is 6.10 Å². The van der Waals surface area contributed by atoms with Gasteiger partial charge in [0.05, 0.1) is 13.2 Å². The van der Waals surface area contributed by atoms with E-state index >= 15 is 0 Å². The van der Waals surface area contributed by atoms with Crippen molar-refractivity contribution < 1.29 is 18.7 Å². The highest BCUT2D eigenvalue weighted by Gasteiger charge is 2.21. The maximum absolute atomic E-state index is 12.9. The summed E-state index contributed by atoms with van der Waals surface area (Å²) in [6.45, 7) is 1.42. The smallest absolute Gasteiger partial charge is 0.250 e. The number of anilines is 1. The third kappa shape index (κ3) is 4.29. The fourth-order valence-corrected chi connectivity index (χ4v) is 1.79. The van der Waals surface area contributed by atoms with Gasteiger partial charge in [0, 0.05) is 18.8 Å². The number of morpholine rings is 1. The van der Waals surface area contributed by atoms with Gasteiger partial charge in [-0.1, -0.05) is 6.07 Å². The predicted molar refractivity (Wildman–Crippen MR) is 70.6 cm³/mol. The van der Waals surface area contributed by atoms with Crippen molar-refractivity contribution in [3.05, 3.63) is 30.1 Å². The molecule has 1 aliphatic heterocycles. The molecule has 1 aromatic carbocycles. The number of benzene rings is 1. The molecular weight excluding hydrogens is 265 g/mol. The molecule has 1 saturated heterocycles. The molecular formula is C13H16FN3O3. The fraction of sp³-hybridized carbons (Fsp3) is 0.385. The van der Waals surface area contributed by atoms with Crippen molar-refractivity contribution in [2.75, 3.05) is 31.6 Å². The lowest BCUT2D eigenvalue weighted by atomic mass is 10.3. The van der Waals surface area contributed by atoms with E-state index in [-0.39, 0.29) is 12.5 Å². The minimum atomic E-state index is -0.578. The van der Waals surface area contributed by atoms with Crippen LogP contribution in [0, 0.1) is 5.82 Å². The lowest BCUT2D eigenvalue weighted by Gasteiger charge is -2.22. The van der Waals surface area contributed by atoms with Gasteiger partial charge in [-0.3, -0.25) is 9.59 Å². The summed E-state index contributed by atoms with van der Waals surface area (Å²) in [5, 5.41) is 7.99. The molecule has 1 unspecified atom stereocenters. The molecule has 1 aromatic rings. The molecule has 0 radical (unpaired) electrons. The summed E-state index contributed by atoms with van der Waals surface area (Å²) in [4.78, 5) is 23.3. The molecule has 0 aromatic heterocycles. The average molecular weight is 281 g/mol. The van der Waals surface area contributed by atoms with Crippen molar-refractivity contribution in [3.63, 3.8) is 0 Å². The van der Waals surface area contributed by atoms with E-state index in [4.69, 9.17) is 4.74 Å². The van der Waals surface area contributed by atoms with E-state index in [1.807, 2.05) is 0 Å². The first kappa shape index (κ1) is 14.4. The Balaban J connectivity index is 1.75. The first-order chi connectivity index (χ1) is 9.65. The molecule has 1 heterocycles. The van der Waals surface area contributed by atoms with Gasteiger partial charge < -0.3 is 20.7 Å². The largest absolute Gasteiger partial charge is 0.366 e. The molecule has 1 aliphatic rings. The molecule has 20 heavy (non-hydrogen) atoms. The first-order valence-electron chi connectivity index (χ1n) is 6.30. The summed E-state index contributed by atoms with van der Waals surface area (Å²) in [5.74, 6) is -1.20. The van der Waals surface area contributed by atoms with E-state index in [0.717, 1.165) is 0 Å². The molecule has 2 amide bonds. The van der Waals surface area contributed by atoms with Crippen molar-refractivity contribution in [1.82, 2.24) is 10.6 Å². The summed E-state index contributed by atoms with van der Waals surface area (Å²) < 4.78 is 18.2. The molecule has 7 heteroatoms. The zero-order chi connectivity index (χ0) is 14.4. The number of nitrogens with one attached hydrogen (secondary N) is 3. The highest BCUT2D eigenvalue weighted by atomic mass is 19.1. The minimum absolute atomic E-state index is 0.185. The Bertz CT molecular complexity index is 490. The normalized spacial score (nSPS) is 18.4. The molecule has 3 N–H and O–H groups in total. The van der Waals surface area contributed by atoms with Crippen molar-refractivity contribution in [3.8, 4) is 0 Å². The van der Waals surface area contributed by atoms with Gasteiger partial charge in [0.15, 0.2) is 0 Å². The van der Waals surface area contributed by atoms with Gasteiger partial charge in [-0.25, -0.2) is 4.39 Å². The van der Waals surface area contributed by atoms with Crippen LogP contribution in [-0.2, 0) is 14.3 Å². The second-order valence-corrected chi connectivity index (χ2v) is 4.34. The summed E-state index contributed by atoms with van der Waals surface area (Å²) in [6.07, 6.45) is -0.578. The highest BCUT2D eigenvalue weighted by Crippen LogP contribution is 2.08. The third-order valence-electron chi connectivity index (χ3n) is 2.75. The zero-order valence-corrected chi connectivity index (χ0v) is 10.8. The molecule has 0 bridgehead atoms. The Morgan fingerprint density at radius 2 is 2.30 bits per heavy atom. The molecule has 0 aliphatic carbocycles. The van der Waals surface area contributed by atoms with Gasteiger partial charge >= 0.3 is 0 Å². The topological polar surface area (TPSA) is 79.5 Å². The highest BCUT2D eigenvalue weighted by molar-refractivity contribution is 5.95. The van der Waals surface area contributed by atoms with E-state index in [0.29, 0.717) is 25.4 Å². The van der Waals surface area contributed by atoms with Crippen LogP contribution < -0.4 is 16.0 Å². The minimum Gasteiger partial charge on any atom is -0.366 e. The van der Waals surface area contributed by atoms with E-state index in [9.17, 15) is 14.0 Å². The number of ether oxygens (including phenoxy) is 1. The Morgan fingerprint density at radius 3 is 3.00 bits per heavy atom. The van der Waals surface area contributed by atoms with E-state index in [1.165, 1.54) is 18.2 Å². The Kier molecular flexibility index (Phi) is 5.03. The molecule has 6 nitrogen and oxygen atoms in total. The molecule has 0 spiro atoms.